The quantitative estimate of drug-likeness (QED) is 0.532. The average molecular weight is 468 g/mol. The first-order chi connectivity index (χ1) is 14.2. The minimum atomic E-state index is -1.13. The van der Waals surface area contributed by atoms with E-state index in [1.807, 2.05) is 19.9 Å². The van der Waals surface area contributed by atoms with E-state index in [1.165, 1.54) is 19.1 Å². The van der Waals surface area contributed by atoms with Crippen LogP contribution in [-0.4, -0.2) is 32.7 Å². The number of benzene rings is 1. The molecular formula is C20H17Cl3N4O3. The third kappa shape index (κ3) is 4.92. The summed E-state index contributed by atoms with van der Waals surface area (Å²) < 4.78 is 6.83. The smallest absolute Gasteiger partial charge is 0.359 e. The Bertz CT molecular complexity index is 1130. The van der Waals surface area contributed by atoms with Crippen molar-refractivity contribution < 1.29 is 14.3 Å². The van der Waals surface area contributed by atoms with Crippen molar-refractivity contribution in [3.63, 3.8) is 0 Å². The van der Waals surface area contributed by atoms with E-state index in [2.05, 4.69) is 15.4 Å². The number of rotatable bonds is 5. The van der Waals surface area contributed by atoms with Crippen LogP contribution in [0.3, 0.4) is 0 Å². The largest absolute Gasteiger partial charge is 0.448 e. The zero-order chi connectivity index (χ0) is 22.0. The van der Waals surface area contributed by atoms with Gasteiger partial charge < -0.3 is 10.1 Å². The predicted octanol–water partition coefficient (Wildman–Crippen LogP) is 5.03. The number of hydrogen-bond acceptors (Lipinski definition) is 5. The van der Waals surface area contributed by atoms with Crippen LogP contribution in [0, 0.1) is 13.8 Å². The van der Waals surface area contributed by atoms with Crippen molar-refractivity contribution in [3.8, 4) is 5.82 Å². The van der Waals surface area contributed by atoms with Gasteiger partial charge in [-0.2, -0.15) is 5.10 Å². The first-order valence-electron chi connectivity index (χ1n) is 8.83. The maximum absolute atomic E-state index is 12.6. The molecule has 3 rings (SSSR count). The van der Waals surface area contributed by atoms with E-state index in [9.17, 15) is 9.59 Å². The Morgan fingerprint density at radius 2 is 1.80 bits per heavy atom. The molecule has 156 valence electrons. The number of carbonyl (C=O) groups excluding carboxylic acids is 2. The number of halogens is 3. The molecule has 3 aromatic rings. The van der Waals surface area contributed by atoms with Crippen molar-refractivity contribution in [2.75, 3.05) is 5.32 Å². The minimum Gasteiger partial charge on any atom is -0.448 e. The third-order valence-corrected chi connectivity index (χ3v) is 4.95. The molecular weight excluding hydrogens is 451 g/mol. The molecule has 0 aliphatic carbocycles. The zero-order valence-electron chi connectivity index (χ0n) is 16.2. The highest BCUT2D eigenvalue weighted by molar-refractivity contribution is 6.36. The standard InChI is InChI=1S/C20H17Cl3N4O3/c1-10-8-11(2)27(26-10)17-7-5-14(22)18(25-17)20(29)30-12(3)19(28)24-16-6-4-13(21)9-15(16)23/h4-9,12H,1-3H3,(H,24,28). The molecule has 1 amide bonds. The second kappa shape index (κ2) is 9.04. The number of anilines is 1. The molecule has 0 fully saturated rings. The summed E-state index contributed by atoms with van der Waals surface area (Å²) in [5.74, 6) is -1.01. The molecule has 30 heavy (non-hydrogen) atoms. The Morgan fingerprint density at radius 1 is 1.07 bits per heavy atom. The molecule has 0 aliphatic rings. The van der Waals surface area contributed by atoms with Gasteiger partial charge in [0.25, 0.3) is 5.91 Å². The number of aromatic nitrogens is 3. The van der Waals surface area contributed by atoms with Crippen LogP contribution in [0.2, 0.25) is 15.1 Å². The number of esters is 1. The topological polar surface area (TPSA) is 86.1 Å². The average Bonchev–Trinajstić information content (AvgIpc) is 3.02. The second-order valence-electron chi connectivity index (χ2n) is 6.50. The molecule has 2 heterocycles. The van der Waals surface area contributed by atoms with E-state index < -0.39 is 18.0 Å². The van der Waals surface area contributed by atoms with Crippen LogP contribution in [-0.2, 0) is 9.53 Å². The van der Waals surface area contributed by atoms with Gasteiger partial charge in [-0.1, -0.05) is 34.8 Å². The maximum atomic E-state index is 12.6. The highest BCUT2D eigenvalue weighted by atomic mass is 35.5. The monoisotopic (exact) mass is 466 g/mol. The summed E-state index contributed by atoms with van der Waals surface area (Å²) >= 11 is 18.0. The van der Waals surface area contributed by atoms with E-state index >= 15 is 0 Å². The van der Waals surface area contributed by atoms with Gasteiger partial charge in [0.1, 0.15) is 0 Å². The molecule has 7 nitrogen and oxygen atoms in total. The molecule has 1 atom stereocenters. The van der Waals surface area contributed by atoms with Crippen LogP contribution in [0.5, 0.6) is 0 Å². The van der Waals surface area contributed by atoms with Crippen LogP contribution in [0.1, 0.15) is 28.8 Å². The van der Waals surface area contributed by atoms with E-state index in [0.29, 0.717) is 16.5 Å². The minimum absolute atomic E-state index is 0.0960. The molecule has 1 unspecified atom stereocenters. The Morgan fingerprint density at radius 3 is 2.43 bits per heavy atom. The number of nitrogens with zero attached hydrogens (tertiary/aromatic N) is 3. The second-order valence-corrected chi connectivity index (χ2v) is 7.75. The van der Waals surface area contributed by atoms with Gasteiger partial charge >= 0.3 is 5.97 Å². The zero-order valence-corrected chi connectivity index (χ0v) is 18.5. The van der Waals surface area contributed by atoms with Gasteiger partial charge in [0.2, 0.25) is 0 Å². The molecule has 1 aromatic carbocycles. The summed E-state index contributed by atoms with van der Waals surface area (Å²) in [6.07, 6.45) is -1.13. The van der Waals surface area contributed by atoms with E-state index in [4.69, 9.17) is 39.5 Å². The van der Waals surface area contributed by atoms with Gasteiger partial charge in [-0.15, -0.1) is 0 Å². The van der Waals surface area contributed by atoms with E-state index in [0.717, 1.165) is 11.4 Å². The number of amides is 1. The molecule has 1 N–H and O–H groups in total. The first kappa shape index (κ1) is 22.1. The maximum Gasteiger partial charge on any atom is 0.359 e. The summed E-state index contributed by atoms with van der Waals surface area (Å²) in [7, 11) is 0. The lowest BCUT2D eigenvalue weighted by atomic mass is 10.3. The fourth-order valence-corrected chi connectivity index (χ4v) is 3.29. The SMILES string of the molecule is Cc1cc(C)n(-c2ccc(Cl)c(C(=O)OC(C)C(=O)Nc3ccc(Cl)cc3Cl)n2)n1. The Hall–Kier alpha value is -2.61. The number of nitrogens with one attached hydrogen (secondary N) is 1. The summed E-state index contributed by atoms with van der Waals surface area (Å²) in [4.78, 5) is 29.2. The van der Waals surface area contributed by atoms with Crippen LogP contribution in [0.4, 0.5) is 5.69 Å². The highest BCUT2D eigenvalue weighted by Gasteiger charge is 2.23. The lowest BCUT2D eigenvalue weighted by Crippen LogP contribution is -2.30. The first-order valence-corrected chi connectivity index (χ1v) is 9.96. The van der Waals surface area contributed by atoms with Gasteiger partial charge in [-0.3, -0.25) is 4.79 Å². The molecule has 2 aromatic heterocycles. The fourth-order valence-electron chi connectivity index (χ4n) is 2.65. The summed E-state index contributed by atoms with van der Waals surface area (Å²) in [6, 6.07) is 9.65. The van der Waals surface area contributed by atoms with Gasteiger partial charge in [-0.25, -0.2) is 14.5 Å². The van der Waals surface area contributed by atoms with E-state index in [-0.39, 0.29) is 15.7 Å². The number of aryl methyl sites for hydroxylation is 2. The fraction of sp³-hybridized carbons (Fsp3) is 0.200. The van der Waals surface area contributed by atoms with Crippen LogP contribution < -0.4 is 5.32 Å². The summed E-state index contributed by atoms with van der Waals surface area (Å²) in [5.41, 5.74) is 1.87. The van der Waals surface area contributed by atoms with Gasteiger partial charge in [0.15, 0.2) is 17.6 Å². The summed E-state index contributed by atoms with van der Waals surface area (Å²) in [5, 5.41) is 7.70. The number of ether oxygens (including phenoxy) is 1. The number of carbonyl (C=O) groups is 2. The van der Waals surface area contributed by atoms with Crippen LogP contribution in [0.25, 0.3) is 5.82 Å². The summed E-state index contributed by atoms with van der Waals surface area (Å²) in [6.45, 7) is 5.14. The van der Waals surface area contributed by atoms with Crippen molar-refractivity contribution in [1.82, 2.24) is 14.8 Å². The molecule has 0 bridgehead atoms. The molecule has 0 saturated heterocycles. The molecule has 0 aliphatic heterocycles. The van der Waals surface area contributed by atoms with Crippen molar-refractivity contribution in [2.24, 2.45) is 0 Å². The highest BCUT2D eigenvalue weighted by Crippen LogP contribution is 2.26. The Kier molecular flexibility index (Phi) is 6.65. The molecule has 0 spiro atoms. The Balaban J connectivity index is 1.75. The third-order valence-electron chi connectivity index (χ3n) is 4.09. The number of pyridine rings is 1. The van der Waals surface area contributed by atoms with Crippen molar-refractivity contribution in [2.45, 2.75) is 26.9 Å². The lowest BCUT2D eigenvalue weighted by Gasteiger charge is -2.15. The molecule has 0 saturated carbocycles. The van der Waals surface area contributed by atoms with Crippen LogP contribution in [0.15, 0.2) is 36.4 Å². The normalized spacial score (nSPS) is 11.8. The van der Waals surface area contributed by atoms with Crippen molar-refractivity contribution in [3.05, 3.63) is 68.5 Å². The van der Waals surface area contributed by atoms with Crippen molar-refractivity contribution >= 4 is 52.4 Å². The predicted molar refractivity (Wildman–Crippen MR) is 116 cm³/mol. The van der Waals surface area contributed by atoms with Gasteiger partial charge in [-0.05, 0) is 57.2 Å². The molecule has 10 heteroatoms. The number of hydrogen-bond donors (Lipinski definition) is 1. The molecule has 0 radical (unpaired) electrons. The lowest BCUT2D eigenvalue weighted by molar-refractivity contribution is -0.123. The van der Waals surface area contributed by atoms with Crippen molar-refractivity contribution in [1.29, 1.82) is 0 Å². The van der Waals surface area contributed by atoms with Gasteiger partial charge in [0.05, 0.1) is 21.4 Å². The Labute approximate surface area is 187 Å². The van der Waals surface area contributed by atoms with E-state index in [1.54, 1.807) is 22.9 Å². The van der Waals surface area contributed by atoms with Gasteiger partial charge in [0, 0.05) is 10.7 Å². The van der Waals surface area contributed by atoms with Crippen LogP contribution >= 0.6 is 34.8 Å².